The second-order valence-corrected chi connectivity index (χ2v) is 4.45. The van der Waals surface area contributed by atoms with Crippen LogP contribution >= 0.6 is 0 Å². The van der Waals surface area contributed by atoms with Crippen LogP contribution in [-0.4, -0.2) is 7.05 Å². The molecule has 0 amide bonds. The van der Waals surface area contributed by atoms with Gasteiger partial charge in [0, 0.05) is 5.56 Å². The molecule has 0 spiro atoms. The van der Waals surface area contributed by atoms with Crippen molar-refractivity contribution in [2.24, 2.45) is 0 Å². The quantitative estimate of drug-likeness (QED) is 0.871. The lowest BCUT2D eigenvalue weighted by atomic mass is 9.95. The van der Waals surface area contributed by atoms with Gasteiger partial charge < -0.3 is 9.73 Å². The summed E-state index contributed by atoms with van der Waals surface area (Å²) in [5, 5.41) is 3.37. The van der Waals surface area contributed by atoms with E-state index in [1.165, 1.54) is 16.7 Å². The molecule has 0 saturated carbocycles. The Morgan fingerprint density at radius 1 is 1.06 bits per heavy atom. The summed E-state index contributed by atoms with van der Waals surface area (Å²) in [6.45, 7) is 6.15. The van der Waals surface area contributed by atoms with Gasteiger partial charge in [-0.15, -0.1) is 0 Å². The van der Waals surface area contributed by atoms with Gasteiger partial charge in [-0.1, -0.05) is 24.3 Å². The maximum Gasteiger partial charge on any atom is 0.106 e. The number of furan rings is 1. The van der Waals surface area contributed by atoms with E-state index in [1.54, 1.807) is 0 Å². The molecular weight excluding hydrogens is 210 g/mol. The van der Waals surface area contributed by atoms with Gasteiger partial charge in [0.1, 0.15) is 11.5 Å². The maximum atomic E-state index is 5.62. The van der Waals surface area contributed by atoms with Crippen LogP contribution in [0.2, 0.25) is 0 Å². The molecular formula is C15H19NO. The summed E-state index contributed by atoms with van der Waals surface area (Å²) in [5.74, 6) is 1.96. The lowest BCUT2D eigenvalue weighted by Gasteiger charge is -2.18. The van der Waals surface area contributed by atoms with Gasteiger partial charge in [-0.05, 0) is 45.0 Å². The smallest absolute Gasteiger partial charge is 0.106 e. The number of hydrogen-bond acceptors (Lipinski definition) is 2. The molecule has 1 atom stereocenters. The minimum Gasteiger partial charge on any atom is -0.466 e. The Morgan fingerprint density at radius 3 is 2.29 bits per heavy atom. The molecule has 1 heterocycles. The van der Waals surface area contributed by atoms with Crippen LogP contribution in [0.3, 0.4) is 0 Å². The van der Waals surface area contributed by atoms with Crippen LogP contribution in [0.4, 0.5) is 0 Å². The molecule has 0 fully saturated rings. The van der Waals surface area contributed by atoms with Crippen molar-refractivity contribution in [2.75, 3.05) is 7.05 Å². The topological polar surface area (TPSA) is 25.2 Å². The fraction of sp³-hybridized carbons (Fsp3) is 0.333. The summed E-state index contributed by atoms with van der Waals surface area (Å²) >= 11 is 0. The molecule has 0 aliphatic heterocycles. The van der Waals surface area contributed by atoms with Crippen molar-refractivity contribution < 1.29 is 4.42 Å². The van der Waals surface area contributed by atoms with E-state index in [4.69, 9.17) is 4.42 Å². The van der Waals surface area contributed by atoms with E-state index < -0.39 is 0 Å². The predicted octanol–water partition coefficient (Wildman–Crippen LogP) is 3.51. The molecule has 0 saturated heterocycles. The van der Waals surface area contributed by atoms with Crippen LogP contribution in [0.25, 0.3) is 0 Å². The minimum absolute atomic E-state index is 0.202. The molecule has 1 aromatic carbocycles. The fourth-order valence-corrected chi connectivity index (χ4v) is 2.33. The van der Waals surface area contributed by atoms with Gasteiger partial charge in [0.25, 0.3) is 0 Å². The van der Waals surface area contributed by atoms with Crippen molar-refractivity contribution in [2.45, 2.75) is 26.8 Å². The molecule has 0 aliphatic rings. The Morgan fingerprint density at radius 2 is 1.76 bits per heavy atom. The Bertz CT molecular complexity index is 513. The van der Waals surface area contributed by atoms with Gasteiger partial charge in [0.15, 0.2) is 0 Å². The number of rotatable bonds is 3. The van der Waals surface area contributed by atoms with Crippen LogP contribution < -0.4 is 5.32 Å². The Labute approximate surface area is 103 Å². The third-order valence-electron chi connectivity index (χ3n) is 3.18. The monoisotopic (exact) mass is 229 g/mol. The molecule has 2 nitrogen and oxygen atoms in total. The molecule has 2 aromatic rings. The first-order chi connectivity index (χ1) is 8.13. The van der Waals surface area contributed by atoms with Crippen molar-refractivity contribution in [3.63, 3.8) is 0 Å². The third-order valence-corrected chi connectivity index (χ3v) is 3.18. The molecule has 0 bridgehead atoms. The van der Waals surface area contributed by atoms with E-state index in [0.717, 1.165) is 11.5 Å². The number of benzene rings is 1. The average molecular weight is 229 g/mol. The Balaban J connectivity index is 2.47. The molecule has 1 unspecified atom stereocenters. The summed E-state index contributed by atoms with van der Waals surface area (Å²) in [7, 11) is 1.98. The van der Waals surface area contributed by atoms with E-state index in [1.807, 2.05) is 20.9 Å². The lowest BCUT2D eigenvalue weighted by molar-refractivity contribution is 0.497. The van der Waals surface area contributed by atoms with Crippen molar-refractivity contribution in [3.05, 3.63) is 58.5 Å². The van der Waals surface area contributed by atoms with E-state index in [-0.39, 0.29) is 6.04 Å². The third kappa shape index (κ3) is 2.27. The zero-order chi connectivity index (χ0) is 12.4. The number of aryl methyl sites for hydroxylation is 3. The van der Waals surface area contributed by atoms with E-state index in [0.29, 0.717) is 0 Å². The largest absolute Gasteiger partial charge is 0.466 e. The highest BCUT2D eigenvalue weighted by Crippen LogP contribution is 2.28. The molecule has 2 heteroatoms. The summed E-state index contributed by atoms with van der Waals surface area (Å²) < 4.78 is 5.62. The molecule has 90 valence electrons. The second-order valence-electron chi connectivity index (χ2n) is 4.45. The van der Waals surface area contributed by atoms with Crippen LogP contribution in [0, 0.1) is 20.8 Å². The van der Waals surface area contributed by atoms with Gasteiger partial charge >= 0.3 is 0 Å². The van der Waals surface area contributed by atoms with Crippen LogP contribution in [-0.2, 0) is 0 Å². The van der Waals surface area contributed by atoms with Crippen molar-refractivity contribution >= 4 is 0 Å². The van der Waals surface area contributed by atoms with Gasteiger partial charge in [-0.2, -0.15) is 0 Å². The molecule has 2 rings (SSSR count). The van der Waals surface area contributed by atoms with Crippen LogP contribution in [0.1, 0.15) is 34.3 Å². The standard InChI is InChI=1S/C15H19NO/c1-10-7-5-6-8-13(10)15(16-4)14-9-11(2)17-12(14)3/h5-9,15-16H,1-4H3. The lowest BCUT2D eigenvalue weighted by Crippen LogP contribution is -2.18. The molecule has 17 heavy (non-hydrogen) atoms. The summed E-state index contributed by atoms with van der Waals surface area (Å²) in [6, 6.07) is 10.8. The maximum absolute atomic E-state index is 5.62. The SMILES string of the molecule is CNC(c1ccccc1C)c1cc(C)oc1C. The van der Waals surface area contributed by atoms with Crippen LogP contribution in [0.5, 0.6) is 0 Å². The number of hydrogen-bond donors (Lipinski definition) is 1. The molecule has 0 aliphatic carbocycles. The minimum atomic E-state index is 0.202. The predicted molar refractivity (Wildman–Crippen MR) is 70.3 cm³/mol. The van der Waals surface area contributed by atoms with Gasteiger partial charge in [-0.25, -0.2) is 0 Å². The summed E-state index contributed by atoms with van der Waals surface area (Å²) in [6.07, 6.45) is 0. The average Bonchev–Trinajstić information content (AvgIpc) is 2.62. The fourth-order valence-electron chi connectivity index (χ4n) is 2.33. The van der Waals surface area contributed by atoms with Gasteiger partial charge in [0.05, 0.1) is 6.04 Å². The highest BCUT2D eigenvalue weighted by molar-refractivity contribution is 5.38. The highest BCUT2D eigenvalue weighted by atomic mass is 16.3. The van der Waals surface area contributed by atoms with Crippen molar-refractivity contribution in [1.82, 2.24) is 5.32 Å². The van der Waals surface area contributed by atoms with Crippen molar-refractivity contribution in [3.8, 4) is 0 Å². The first-order valence-corrected chi connectivity index (χ1v) is 5.93. The normalized spacial score (nSPS) is 12.7. The zero-order valence-electron chi connectivity index (χ0n) is 10.9. The van der Waals surface area contributed by atoms with E-state index in [2.05, 4.69) is 42.6 Å². The van der Waals surface area contributed by atoms with Gasteiger partial charge in [-0.3, -0.25) is 0 Å². The Hall–Kier alpha value is -1.54. The summed E-state index contributed by atoms with van der Waals surface area (Å²) in [5.41, 5.74) is 3.82. The second kappa shape index (κ2) is 4.76. The zero-order valence-corrected chi connectivity index (χ0v) is 10.9. The first-order valence-electron chi connectivity index (χ1n) is 5.93. The van der Waals surface area contributed by atoms with Crippen molar-refractivity contribution in [1.29, 1.82) is 0 Å². The number of nitrogens with one attached hydrogen (secondary N) is 1. The van der Waals surface area contributed by atoms with E-state index >= 15 is 0 Å². The summed E-state index contributed by atoms with van der Waals surface area (Å²) in [4.78, 5) is 0. The first kappa shape index (κ1) is 11.9. The highest BCUT2D eigenvalue weighted by Gasteiger charge is 2.18. The Kier molecular flexibility index (Phi) is 3.34. The van der Waals surface area contributed by atoms with Gasteiger partial charge in [0.2, 0.25) is 0 Å². The molecule has 1 aromatic heterocycles. The molecule has 0 radical (unpaired) electrons. The molecule has 1 N–H and O–H groups in total. The van der Waals surface area contributed by atoms with E-state index in [9.17, 15) is 0 Å². The van der Waals surface area contributed by atoms with Crippen LogP contribution in [0.15, 0.2) is 34.7 Å².